The Morgan fingerprint density at radius 2 is 2.00 bits per heavy atom. The van der Waals surface area contributed by atoms with Crippen molar-refractivity contribution in [3.63, 3.8) is 0 Å². The van der Waals surface area contributed by atoms with E-state index in [2.05, 4.69) is 5.32 Å². The third-order valence-corrected chi connectivity index (χ3v) is 1.17. The van der Waals surface area contributed by atoms with Crippen molar-refractivity contribution in [3.8, 4) is 0 Å². The van der Waals surface area contributed by atoms with Gasteiger partial charge in [0, 0.05) is 6.08 Å². The van der Waals surface area contributed by atoms with E-state index in [1.165, 1.54) is 6.08 Å². The minimum atomic E-state index is -1.55. The maximum Gasteiger partial charge on any atom is 0.334 e. The normalized spacial score (nSPS) is 11.6. The van der Waals surface area contributed by atoms with Gasteiger partial charge in [-0.25, -0.2) is 4.79 Å². The summed E-state index contributed by atoms with van der Waals surface area (Å²) in [6.45, 7) is 3.21. The summed E-state index contributed by atoms with van der Waals surface area (Å²) in [5, 5.41) is 19.3. The molecule has 1 atom stereocenters. The van der Waals surface area contributed by atoms with Gasteiger partial charge in [0.15, 0.2) is 6.10 Å². The molecule has 0 aromatic carbocycles. The van der Waals surface area contributed by atoms with E-state index in [0.29, 0.717) is 0 Å². The van der Waals surface area contributed by atoms with Crippen molar-refractivity contribution in [2.75, 3.05) is 6.54 Å². The van der Waals surface area contributed by atoms with Crippen LogP contribution < -0.4 is 5.32 Å². The molecule has 0 aliphatic carbocycles. The molecule has 3 N–H and O–H groups in total. The number of carbonyl (C=O) groups is 2. The first-order valence-electron chi connectivity index (χ1n) is 3.77. The molecule has 0 radical (unpaired) electrons. The van der Waals surface area contributed by atoms with Crippen LogP contribution in [-0.4, -0.2) is 34.7 Å². The molecule has 0 aliphatic rings. The molecule has 0 saturated carbocycles. The van der Waals surface area contributed by atoms with Crippen LogP contribution in [0.15, 0.2) is 11.6 Å². The van der Waals surface area contributed by atoms with Crippen molar-refractivity contribution in [3.05, 3.63) is 11.6 Å². The molecule has 0 bridgehead atoms. The second-order valence-corrected chi connectivity index (χ2v) is 2.82. The van der Waals surface area contributed by atoms with Crippen molar-refractivity contribution in [1.82, 2.24) is 5.32 Å². The molecule has 1 amide bonds. The second-order valence-electron chi connectivity index (χ2n) is 2.82. The summed E-state index contributed by atoms with van der Waals surface area (Å²) in [5.74, 6) is -1.75. The molecule has 0 aromatic heterocycles. The lowest BCUT2D eigenvalue weighted by molar-refractivity contribution is -0.146. The Balaban J connectivity index is 3.84. The van der Waals surface area contributed by atoms with Crippen LogP contribution in [0.4, 0.5) is 0 Å². The van der Waals surface area contributed by atoms with Crippen LogP contribution in [0.2, 0.25) is 0 Å². The highest BCUT2D eigenvalue weighted by molar-refractivity contribution is 5.88. The zero-order valence-electron chi connectivity index (χ0n) is 7.57. The maximum absolute atomic E-state index is 10.9. The molecule has 0 aliphatic heterocycles. The molecule has 5 heteroatoms. The average Bonchev–Trinajstić information content (AvgIpc) is 1.98. The standard InChI is InChI=1S/C8H13NO4/c1-5(2)3-7(11)9-4-6(10)8(12)13/h3,6,10H,4H2,1-2H3,(H,9,11)(H,12,13)/t6-/m0/s1. The van der Waals surface area contributed by atoms with Crippen molar-refractivity contribution >= 4 is 11.9 Å². The number of aliphatic hydroxyl groups excluding tert-OH is 1. The van der Waals surface area contributed by atoms with E-state index < -0.39 is 18.0 Å². The highest BCUT2D eigenvalue weighted by atomic mass is 16.4. The van der Waals surface area contributed by atoms with Gasteiger partial charge in [0.25, 0.3) is 0 Å². The lowest BCUT2D eigenvalue weighted by Gasteiger charge is -2.05. The summed E-state index contributed by atoms with van der Waals surface area (Å²) >= 11 is 0. The quantitative estimate of drug-likeness (QED) is 0.518. The number of hydrogen-bond donors (Lipinski definition) is 3. The summed E-state index contributed by atoms with van der Waals surface area (Å²) in [4.78, 5) is 21.0. The molecule has 0 fully saturated rings. The first-order valence-corrected chi connectivity index (χ1v) is 3.77. The Morgan fingerprint density at radius 1 is 1.46 bits per heavy atom. The van der Waals surface area contributed by atoms with Gasteiger partial charge < -0.3 is 15.5 Å². The number of carboxylic acids is 1. The van der Waals surface area contributed by atoms with Gasteiger partial charge in [-0.1, -0.05) is 5.57 Å². The monoisotopic (exact) mass is 187 g/mol. The van der Waals surface area contributed by atoms with Crippen LogP contribution in [0.1, 0.15) is 13.8 Å². The Labute approximate surface area is 76.1 Å². The largest absolute Gasteiger partial charge is 0.479 e. The highest BCUT2D eigenvalue weighted by Crippen LogP contribution is 1.87. The van der Waals surface area contributed by atoms with Crippen molar-refractivity contribution < 1.29 is 19.8 Å². The van der Waals surface area contributed by atoms with E-state index in [-0.39, 0.29) is 6.54 Å². The molecule has 74 valence electrons. The van der Waals surface area contributed by atoms with Crippen LogP contribution >= 0.6 is 0 Å². The van der Waals surface area contributed by atoms with Gasteiger partial charge >= 0.3 is 5.97 Å². The first-order chi connectivity index (χ1) is 5.93. The number of allylic oxidation sites excluding steroid dienone is 1. The first kappa shape index (κ1) is 11.6. The number of hydrogen-bond acceptors (Lipinski definition) is 3. The number of amides is 1. The summed E-state index contributed by atoms with van der Waals surface area (Å²) in [5.41, 5.74) is 0.808. The number of aliphatic carboxylic acids is 1. The lowest BCUT2D eigenvalue weighted by Crippen LogP contribution is -2.35. The van der Waals surface area contributed by atoms with Gasteiger partial charge in [-0.15, -0.1) is 0 Å². The Kier molecular flexibility index (Phi) is 4.76. The number of nitrogens with one attached hydrogen (secondary N) is 1. The van der Waals surface area contributed by atoms with Crippen molar-refractivity contribution in [2.45, 2.75) is 20.0 Å². The molecule has 13 heavy (non-hydrogen) atoms. The molecule has 0 aromatic rings. The zero-order chi connectivity index (χ0) is 10.4. The molecule has 0 unspecified atom stereocenters. The molecular weight excluding hydrogens is 174 g/mol. The van der Waals surface area contributed by atoms with Gasteiger partial charge in [-0.2, -0.15) is 0 Å². The van der Waals surface area contributed by atoms with Crippen molar-refractivity contribution in [2.24, 2.45) is 0 Å². The van der Waals surface area contributed by atoms with E-state index in [1.807, 2.05) is 0 Å². The predicted molar refractivity (Wildman–Crippen MR) is 46.1 cm³/mol. The summed E-state index contributed by atoms with van der Waals surface area (Å²) in [7, 11) is 0. The molecule has 0 heterocycles. The van der Waals surface area contributed by atoms with Gasteiger partial charge in [0.1, 0.15) is 0 Å². The molecular formula is C8H13NO4. The minimum absolute atomic E-state index is 0.280. The van der Waals surface area contributed by atoms with Gasteiger partial charge in [0.2, 0.25) is 5.91 Å². The Hall–Kier alpha value is -1.36. The summed E-state index contributed by atoms with van der Waals surface area (Å²) < 4.78 is 0. The fourth-order valence-electron chi connectivity index (χ4n) is 0.598. The topological polar surface area (TPSA) is 86.6 Å². The number of carboxylic acid groups (broad SMARTS) is 1. The molecule has 0 spiro atoms. The summed E-state index contributed by atoms with van der Waals surface area (Å²) in [6, 6.07) is 0. The van der Waals surface area contributed by atoms with E-state index in [4.69, 9.17) is 10.2 Å². The van der Waals surface area contributed by atoms with Crippen molar-refractivity contribution in [1.29, 1.82) is 0 Å². The second kappa shape index (κ2) is 5.31. The number of rotatable bonds is 4. The van der Waals surface area contributed by atoms with Crippen LogP contribution in [0, 0.1) is 0 Å². The fourth-order valence-corrected chi connectivity index (χ4v) is 0.598. The SMILES string of the molecule is CC(C)=CC(=O)NC[C@H](O)C(=O)O. The van der Waals surface area contributed by atoms with Gasteiger partial charge in [-0.3, -0.25) is 4.79 Å². The third-order valence-electron chi connectivity index (χ3n) is 1.17. The summed E-state index contributed by atoms with van der Waals surface area (Å²) in [6.07, 6.45) is -0.219. The maximum atomic E-state index is 10.9. The predicted octanol–water partition coefficient (Wildman–Crippen LogP) is -0.486. The Bertz CT molecular complexity index is 230. The number of aliphatic hydroxyl groups is 1. The van der Waals surface area contributed by atoms with E-state index in [9.17, 15) is 9.59 Å². The Morgan fingerprint density at radius 3 is 2.38 bits per heavy atom. The van der Waals surface area contributed by atoms with E-state index in [1.54, 1.807) is 13.8 Å². The molecule has 0 saturated heterocycles. The average molecular weight is 187 g/mol. The fraction of sp³-hybridized carbons (Fsp3) is 0.500. The lowest BCUT2D eigenvalue weighted by atomic mass is 10.3. The van der Waals surface area contributed by atoms with E-state index >= 15 is 0 Å². The van der Waals surface area contributed by atoms with Crippen LogP contribution in [0.25, 0.3) is 0 Å². The third kappa shape index (κ3) is 5.86. The smallest absolute Gasteiger partial charge is 0.334 e. The van der Waals surface area contributed by atoms with Crippen LogP contribution in [0.3, 0.4) is 0 Å². The minimum Gasteiger partial charge on any atom is -0.479 e. The van der Waals surface area contributed by atoms with Gasteiger partial charge in [0.05, 0.1) is 6.54 Å². The van der Waals surface area contributed by atoms with E-state index in [0.717, 1.165) is 5.57 Å². The van der Waals surface area contributed by atoms with Crippen LogP contribution in [0.5, 0.6) is 0 Å². The highest BCUT2D eigenvalue weighted by Gasteiger charge is 2.12. The molecule has 5 nitrogen and oxygen atoms in total. The van der Waals surface area contributed by atoms with Crippen LogP contribution in [-0.2, 0) is 9.59 Å². The van der Waals surface area contributed by atoms with Gasteiger partial charge in [-0.05, 0) is 13.8 Å². The number of carbonyl (C=O) groups excluding carboxylic acids is 1. The zero-order valence-corrected chi connectivity index (χ0v) is 7.57. The molecule has 0 rings (SSSR count).